The molecule has 0 saturated heterocycles. The molecule has 1 N–H and O–H groups in total. The van der Waals surface area contributed by atoms with Crippen LogP contribution in [0, 0.1) is 11.3 Å². The highest BCUT2D eigenvalue weighted by Gasteiger charge is 2.08. The molecule has 1 rings (SSSR count). The summed E-state index contributed by atoms with van der Waals surface area (Å²) < 4.78 is 5.36. The van der Waals surface area contributed by atoms with Gasteiger partial charge < -0.3 is 9.84 Å². The molecule has 3 nitrogen and oxygen atoms in total. The van der Waals surface area contributed by atoms with Gasteiger partial charge in [0.2, 0.25) is 0 Å². The van der Waals surface area contributed by atoms with Crippen LogP contribution in [0.1, 0.15) is 25.3 Å². The van der Waals surface area contributed by atoms with Gasteiger partial charge in [-0.1, -0.05) is 24.9 Å². The number of aromatic hydroxyl groups is 1. The van der Waals surface area contributed by atoms with E-state index in [0.29, 0.717) is 17.4 Å². The highest BCUT2D eigenvalue weighted by molar-refractivity contribution is 6.32. The van der Waals surface area contributed by atoms with Crippen molar-refractivity contribution in [2.45, 2.75) is 19.8 Å². The molecule has 0 fully saturated rings. The van der Waals surface area contributed by atoms with E-state index in [9.17, 15) is 5.11 Å². The van der Waals surface area contributed by atoms with E-state index in [1.54, 1.807) is 0 Å². The number of phenols is 1. The SMILES string of the molecule is CCCCOc1cc(O)c(C#N)cc1Cl. The second-order valence-electron chi connectivity index (χ2n) is 3.11. The molecule has 0 unspecified atom stereocenters. The van der Waals surface area contributed by atoms with Crippen LogP contribution in [-0.2, 0) is 0 Å². The Morgan fingerprint density at radius 3 is 2.87 bits per heavy atom. The lowest BCUT2D eigenvalue weighted by Crippen LogP contribution is -1.97. The molecule has 0 aromatic heterocycles. The Kier molecular flexibility index (Phi) is 4.26. The minimum atomic E-state index is -0.103. The van der Waals surface area contributed by atoms with E-state index in [4.69, 9.17) is 21.6 Å². The van der Waals surface area contributed by atoms with E-state index in [2.05, 4.69) is 6.92 Å². The summed E-state index contributed by atoms with van der Waals surface area (Å²) in [5.74, 6) is 0.315. The third kappa shape index (κ3) is 3.03. The quantitative estimate of drug-likeness (QED) is 0.802. The number of hydrogen-bond donors (Lipinski definition) is 1. The maximum absolute atomic E-state index is 9.41. The summed E-state index contributed by atoms with van der Waals surface area (Å²) in [5.41, 5.74) is 0.155. The Hall–Kier alpha value is -1.40. The number of unbranched alkanes of at least 4 members (excludes halogenated alkanes) is 1. The van der Waals surface area contributed by atoms with Crippen LogP contribution in [0.25, 0.3) is 0 Å². The van der Waals surface area contributed by atoms with Gasteiger partial charge in [-0.2, -0.15) is 5.26 Å². The number of nitrogens with zero attached hydrogens (tertiary/aromatic N) is 1. The molecule has 0 saturated carbocycles. The van der Waals surface area contributed by atoms with Crippen molar-refractivity contribution < 1.29 is 9.84 Å². The van der Waals surface area contributed by atoms with Crippen LogP contribution in [0.4, 0.5) is 0 Å². The highest BCUT2D eigenvalue weighted by atomic mass is 35.5. The molecule has 0 aliphatic rings. The van der Waals surface area contributed by atoms with Gasteiger partial charge in [0.05, 0.1) is 17.2 Å². The standard InChI is InChI=1S/C11H12ClNO2/c1-2-3-4-15-11-6-10(14)8(7-13)5-9(11)12/h5-6,14H,2-4H2,1H3. The number of benzene rings is 1. The van der Waals surface area contributed by atoms with Gasteiger partial charge >= 0.3 is 0 Å². The van der Waals surface area contributed by atoms with Gasteiger partial charge in [0.25, 0.3) is 0 Å². The first-order chi connectivity index (χ1) is 7.19. The molecule has 1 aromatic rings. The first-order valence-corrected chi connectivity index (χ1v) is 5.12. The molecule has 0 aliphatic heterocycles. The van der Waals surface area contributed by atoms with Crippen molar-refractivity contribution in [3.8, 4) is 17.6 Å². The van der Waals surface area contributed by atoms with Crippen molar-refractivity contribution in [2.24, 2.45) is 0 Å². The van der Waals surface area contributed by atoms with Crippen LogP contribution in [0.2, 0.25) is 5.02 Å². The Bertz CT molecular complexity index is 385. The zero-order valence-electron chi connectivity index (χ0n) is 8.46. The third-order valence-electron chi connectivity index (χ3n) is 1.93. The van der Waals surface area contributed by atoms with Gasteiger partial charge in [-0.3, -0.25) is 0 Å². The smallest absolute Gasteiger partial charge is 0.141 e. The molecule has 0 spiro atoms. The summed E-state index contributed by atoms with van der Waals surface area (Å²) in [7, 11) is 0. The van der Waals surface area contributed by atoms with Gasteiger partial charge in [0.15, 0.2) is 0 Å². The van der Waals surface area contributed by atoms with Crippen molar-refractivity contribution in [3.63, 3.8) is 0 Å². The molecule has 0 heterocycles. The van der Waals surface area contributed by atoms with Crippen LogP contribution < -0.4 is 4.74 Å². The van der Waals surface area contributed by atoms with Crippen molar-refractivity contribution >= 4 is 11.6 Å². The van der Waals surface area contributed by atoms with Crippen molar-refractivity contribution in [3.05, 3.63) is 22.7 Å². The maximum atomic E-state index is 9.41. The second-order valence-corrected chi connectivity index (χ2v) is 3.52. The molecular weight excluding hydrogens is 214 g/mol. The predicted octanol–water partition coefficient (Wildman–Crippen LogP) is 3.10. The Labute approximate surface area is 93.9 Å². The summed E-state index contributed by atoms with van der Waals surface area (Å²) in [6.45, 7) is 2.61. The Morgan fingerprint density at radius 2 is 2.27 bits per heavy atom. The summed E-state index contributed by atoms with van der Waals surface area (Å²) in [5, 5.41) is 18.4. The van der Waals surface area contributed by atoms with E-state index in [1.807, 2.05) is 6.07 Å². The molecule has 0 aliphatic carbocycles. The van der Waals surface area contributed by atoms with E-state index >= 15 is 0 Å². The minimum Gasteiger partial charge on any atom is -0.506 e. The normalized spacial score (nSPS) is 9.67. The van der Waals surface area contributed by atoms with Gasteiger partial charge in [-0.25, -0.2) is 0 Å². The van der Waals surface area contributed by atoms with Crippen LogP contribution in [0.5, 0.6) is 11.5 Å². The largest absolute Gasteiger partial charge is 0.506 e. The zero-order chi connectivity index (χ0) is 11.3. The average Bonchev–Trinajstić information content (AvgIpc) is 2.23. The van der Waals surface area contributed by atoms with E-state index in [-0.39, 0.29) is 11.3 Å². The van der Waals surface area contributed by atoms with Crippen LogP contribution in [0.15, 0.2) is 12.1 Å². The second kappa shape index (κ2) is 5.47. The number of rotatable bonds is 4. The number of phenolic OH excluding ortho intramolecular Hbond substituents is 1. The molecule has 0 atom stereocenters. The predicted molar refractivity (Wildman–Crippen MR) is 58.2 cm³/mol. The van der Waals surface area contributed by atoms with Crippen molar-refractivity contribution in [2.75, 3.05) is 6.61 Å². The van der Waals surface area contributed by atoms with Crippen LogP contribution in [-0.4, -0.2) is 11.7 Å². The molecule has 15 heavy (non-hydrogen) atoms. The fourth-order valence-corrected chi connectivity index (χ4v) is 1.29. The van der Waals surface area contributed by atoms with Gasteiger partial charge in [-0.15, -0.1) is 0 Å². The van der Waals surface area contributed by atoms with Crippen molar-refractivity contribution in [1.29, 1.82) is 5.26 Å². The fourth-order valence-electron chi connectivity index (χ4n) is 1.07. The monoisotopic (exact) mass is 225 g/mol. The number of ether oxygens (including phenoxy) is 1. The van der Waals surface area contributed by atoms with Crippen LogP contribution in [0.3, 0.4) is 0 Å². The van der Waals surface area contributed by atoms with E-state index in [0.717, 1.165) is 12.8 Å². The summed E-state index contributed by atoms with van der Waals surface area (Å²) in [4.78, 5) is 0. The molecule has 4 heteroatoms. The lowest BCUT2D eigenvalue weighted by molar-refractivity contribution is 0.308. The first-order valence-electron chi connectivity index (χ1n) is 4.74. The summed E-state index contributed by atoms with van der Waals surface area (Å²) in [6, 6.07) is 4.61. The molecular formula is C11H12ClNO2. The summed E-state index contributed by atoms with van der Waals surface area (Å²) >= 11 is 5.87. The minimum absolute atomic E-state index is 0.103. The van der Waals surface area contributed by atoms with Crippen molar-refractivity contribution in [1.82, 2.24) is 0 Å². The fraction of sp³-hybridized carbons (Fsp3) is 0.364. The van der Waals surface area contributed by atoms with E-state index in [1.165, 1.54) is 12.1 Å². The Morgan fingerprint density at radius 1 is 1.53 bits per heavy atom. The van der Waals surface area contributed by atoms with Gasteiger partial charge in [0, 0.05) is 6.07 Å². The number of halogens is 1. The molecule has 1 aromatic carbocycles. The lowest BCUT2D eigenvalue weighted by atomic mass is 10.2. The molecule has 80 valence electrons. The zero-order valence-corrected chi connectivity index (χ0v) is 9.21. The lowest BCUT2D eigenvalue weighted by Gasteiger charge is -2.08. The van der Waals surface area contributed by atoms with E-state index < -0.39 is 0 Å². The highest BCUT2D eigenvalue weighted by Crippen LogP contribution is 2.31. The van der Waals surface area contributed by atoms with Crippen LogP contribution >= 0.6 is 11.6 Å². The Balaban J connectivity index is 2.82. The molecule has 0 radical (unpaired) electrons. The maximum Gasteiger partial charge on any atom is 0.141 e. The molecule has 0 bridgehead atoms. The summed E-state index contributed by atoms with van der Waals surface area (Å²) in [6.07, 6.45) is 1.96. The third-order valence-corrected chi connectivity index (χ3v) is 2.22. The van der Waals surface area contributed by atoms with Gasteiger partial charge in [-0.05, 0) is 12.5 Å². The topological polar surface area (TPSA) is 53.2 Å². The number of hydrogen-bond acceptors (Lipinski definition) is 3. The average molecular weight is 226 g/mol. The van der Waals surface area contributed by atoms with Gasteiger partial charge in [0.1, 0.15) is 17.6 Å². The number of nitriles is 1. The first kappa shape index (κ1) is 11.7. The molecule has 0 amide bonds.